The highest BCUT2D eigenvalue weighted by molar-refractivity contribution is 5.94. The van der Waals surface area contributed by atoms with Crippen molar-refractivity contribution in [2.75, 3.05) is 31.6 Å². The van der Waals surface area contributed by atoms with Crippen LogP contribution in [0.2, 0.25) is 0 Å². The molecular weight excluding hydrogens is 468 g/mol. The summed E-state index contributed by atoms with van der Waals surface area (Å²) in [6, 6.07) is 14.0. The molecule has 0 bridgehead atoms. The zero-order valence-electron chi connectivity index (χ0n) is 20.4. The summed E-state index contributed by atoms with van der Waals surface area (Å²) < 4.78 is 7.29. The van der Waals surface area contributed by atoms with E-state index in [-0.39, 0.29) is 11.8 Å². The molecule has 9 heteroatoms. The molecule has 4 aromatic rings. The topological polar surface area (TPSA) is 101 Å². The van der Waals surface area contributed by atoms with Crippen molar-refractivity contribution < 1.29 is 14.3 Å². The maximum Gasteiger partial charge on any atom is 0.255 e. The van der Waals surface area contributed by atoms with Crippen LogP contribution in [0.5, 0.6) is 0 Å². The van der Waals surface area contributed by atoms with Gasteiger partial charge in [-0.3, -0.25) is 9.59 Å². The molecule has 3 aromatic heterocycles. The van der Waals surface area contributed by atoms with Crippen molar-refractivity contribution in [1.29, 1.82) is 0 Å². The fraction of sp³-hybridized carbons (Fsp3) is 0.286. The number of rotatable bonds is 7. The number of nitrogens with zero attached hydrogens (tertiary/aromatic N) is 4. The van der Waals surface area contributed by atoms with E-state index in [2.05, 4.69) is 26.7 Å². The van der Waals surface area contributed by atoms with Gasteiger partial charge < -0.3 is 24.7 Å². The Morgan fingerprint density at radius 2 is 1.89 bits per heavy atom. The second-order valence-electron chi connectivity index (χ2n) is 9.48. The first-order valence-corrected chi connectivity index (χ1v) is 12.6. The lowest BCUT2D eigenvalue weighted by Gasteiger charge is -2.26. The van der Waals surface area contributed by atoms with E-state index >= 15 is 0 Å². The summed E-state index contributed by atoms with van der Waals surface area (Å²) in [4.78, 5) is 35.8. The lowest BCUT2D eigenvalue weighted by molar-refractivity contribution is -0.120. The molecule has 1 aromatic carbocycles. The molecule has 0 spiro atoms. The first kappa shape index (κ1) is 23.2. The summed E-state index contributed by atoms with van der Waals surface area (Å²) in [7, 11) is 0. The number of anilines is 2. The highest BCUT2D eigenvalue weighted by Crippen LogP contribution is 2.28. The minimum Gasteiger partial charge on any atom is -0.378 e. The van der Waals surface area contributed by atoms with Gasteiger partial charge in [-0.25, -0.2) is 9.97 Å². The van der Waals surface area contributed by atoms with Crippen LogP contribution < -0.4 is 10.6 Å². The molecule has 188 valence electrons. The van der Waals surface area contributed by atoms with Crippen LogP contribution in [0.15, 0.2) is 67.3 Å². The number of ether oxygens (including phenoxy) is 1. The molecule has 6 rings (SSSR count). The van der Waals surface area contributed by atoms with E-state index in [9.17, 15) is 9.59 Å². The fourth-order valence-electron chi connectivity index (χ4n) is 4.52. The molecule has 1 saturated carbocycles. The summed E-state index contributed by atoms with van der Waals surface area (Å²) in [5.41, 5.74) is 5.07. The van der Waals surface area contributed by atoms with Crippen LogP contribution in [0.25, 0.3) is 16.8 Å². The summed E-state index contributed by atoms with van der Waals surface area (Å²) >= 11 is 0. The van der Waals surface area contributed by atoms with Crippen LogP contribution in [0, 0.1) is 0 Å². The van der Waals surface area contributed by atoms with Crippen LogP contribution in [0.3, 0.4) is 0 Å². The van der Waals surface area contributed by atoms with Crippen LogP contribution >= 0.6 is 0 Å². The largest absolute Gasteiger partial charge is 0.378 e. The van der Waals surface area contributed by atoms with Gasteiger partial charge in [0, 0.05) is 49.5 Å². The van der Waals surface area contributed by atoms with Crippen molar-refractivity contribution in [2.24, 2.45) is 0 Å². The van der Waals surface area contributed by atoms with E-state index in [1.165, 1.54) is 0 Å². The maximum atomic E-state index is 12.7. The monoisotopic (exact) mass is 496 g/mol. The Labute approximate surface area is 214 Å². The predicted octanol–water partition coefficient (Wildman–Crippen LogP) is 3.43. The average molecular weight is 497 g/mol. The third-order valence-electron chi connectivity index (χ3n) is 6.63. The average Bonchev–Trinajstić information content (AvgIpc) is 3.60. The van der Waals surface area contributed by atoms with Gasteiger partial charge in [0.25, 0.3) is 5.91 Å². The van der Waals surface area contributed by atoms with E-state index in [1.54, 1.807) is 29.4 Å². The number of nitrogens with one attached hydrogen (secondary N) is 2. The Morgan fingerprint density at radius 3 is 2.68 bits per heavy atom. The number of amides is 2. The highest BCUT2D eigenvalue weighted by atomic mass is 16.5. The number of pyridine rings is 2. The molecule has 2 N–H and O–H groups in total. The maximum absolute atomic E-state index is 12.7. The molecule has 0 unspecified atom stereocenters. The quantitative estimate of drug-likeness (QED) is 0.407. The Bertz CT molecular complexity index is 1440. The molecule has 1 aliphatic heterocycles. The number of carbonyl (C=O) groups excluding carboxylic acids is 2. The zero-order valence-corrected chi connectivity index (χ0v) is 20.4. The number of fused-ring (bicyclic) bond motifs is 1. The number of hydrogen-bond acceptors (Lipinski definition) is 6. The fourth-order valence-corrected chi connectivity index (χ4v) is 4.52. The lowest BCUT2D eigenvalue weighted by Crippen LogP contribution is -2.40. The zero-order chi connectivity index (χ0) is 25.2. The number of imidazole rings is 1. The van der Waals surface area contributed by atoms with Crippen molar-refractivity contribution >= 4 is 29.0 Å². The van der Waals surface area contributed by atoms with Gasteiger partial charge in [-0.05, 0) is 42.2 Å². The predicted molar refractivity (Wildman–Crippen MR) is 140 cm³/mol. The van der Waals surface area contributed by atoms with E-state index < -0.39 is 0 Å². The van der Waals surface area contributed by atoms with Crippen molar-refractivity contribution in [3.05, 3.63) is 78.4 Å². The first-order valence-electron chi connectivity index (χ1n) is 12.6. The number of hydrogen-bond donors (Lipinski definition) is 2. The Morgan fingerprint density at radius 1 is 1.03 bits per heavy atom. The van der Waals surface area contributed by atoms with Gasteiger partial charge in [-0.1, -0.05) is 24.3 Å². The summed E-state index contributed by atoms with van der Waals surface area (Å²) in [6.45, 7) is 2.31. The van der Waals surface area contributed by atoms with Gasteiger partial charge in [-0.2, -0.15) is 0 Å². The van der Waals surface area contributed by atoms with Crippen molar-refractivity contribution in [3.8, 4) is 11.1 Å². The number of carbonyl (C=O) groups is 2. The number of benzene rings is 1. The van der Waals surface area contributed by atoms with E-state index in [1.807, 2.05) is 41.1 Å². The lowest BCUT2D eigenvalue weighted by atomic mass is 10.0. The standard InChI is InChI=1S/C28H28N6O3/c35-26(31-23-5-6-23)15-19-2-1-3-20(14-19)22-16-24(27-29-8-9-34(27)18-22)32-25-7-4-21(17-30-25)28(36)33-10-12-37-13-11-33/h1-4,7-9,14,16-18,23H,5-6,10-13,15H2,(H,30,32)(H,31,35). The molecule has 2 amide bonds. The smallest absolute Gasteiger partial charge is 0.255 e. The highest BCUT2D eigenvalue weighted by Gasteiger charge is 2.23. The molecule has 0 radical (unpaired) electrons. The van der Waals surface area contributed by atoms with Crippen LogP contribution in [-0.2, 0) is 16.0 Å². The van der Waals surface area contributed by atoms with Crippen molar-refractivity contribution in [1.82, 2.24) is 24.6 Å². The summed E-state index contributed by atoms with van der Waals surface area (Å²) in [5.74, 6) is 0.644. The molecule has 1 saturated heterocycles. The normalized spacial score (nSPS) is 15.5. The van der Waals surface area contributed by atoms with E-state index in [4.69, 9.17) is 4.74 Å². The molecule has 4 heterocycles. The van der Waals surface area contributed by atoms with Crippen LogP contribution in [0.1, 0.15) is 28.8 Å². The Hall–Kier alpha value is -4.24. The molecule has 37 heavy (non-hydrogen) atoms. The van der Waals surface area contributed by atoms with Crippen LogP contribution in [0.4, 0.5) is 11.5 Å². The van der Waals surface area contributed by atoms with Crippen molar-refractivity contribution in [2.45, 2.75) is 25.3 Å². The van der Waals surface area contributed by atoms with Gasteiger partial charge in [0.15, 0.2) is 5.65 Å². The Balaban J connectivity index is 1.23. The Kier molecular flexibility index (Phi) is 6.28. The minimum atomic E-state index is -0.0364. The van der Waals surface area contributed by atoms with Gasteiger partial charge in [0.2, 0.25) is 5.91 Å². The molecular formula is C28H28N6O3. The third kappa shape index (κ3) is 5.31. The third-order valence-corrected chi connectivity index (χ3v) is 6.63. The molecule has 2 fully saturated rings. The second-order valence-corrected chi connectivity index (χ2v) is 9.48. The molecule has 9 nitrogen and oxygen atoms in total. The molecule has 2 aliphatic rings. The number of aromatic nitrogens is 3. The minimum absolute atomic E-state index is 0.0364. The number of morpholine rings is 1. The first-order chi connectivity index (χ1) is 18.1. The SMILES string of the molecule is O=C(Cc1cccc(-c2cc(Nc3ccc(C(=O)N4CCOCC4)cn3)c3nccn3c2)c1)NC1CC1. The van der Waals surface area contributed by atoms with E-state index in [0.717, 1.165) is 40.9 Å². The second kappa shape index (κ2) is 10.0. The van der Waals surface area contributed by atoms with E-state index in [0.29, 0.717) is 50.1 Å². The summed E-state index contributed by atoms with van der Waals surface area (Å²) in [5, 5.41) is 6.41. The van der Waals surface area contributed by atoms with Crippen molar-refractivity contribution in [3.63, 3.8) is 0 Å². The van der Waals surface area contributed by atoms with Gasteiger partial charge in [-0.15, -0.1) is 0 Å². The molecule has 1 aliphatic carbocycles. The van der Waals surface area contributed by atoms with Gasteiger partial charge in [0.05, 0.1) is 30.9 Å². The van der Waals surface area contributed by atoms with Gasteiger partial charge >= 0.3 is 0 Å². The van der Waals surface area contributed by atoms with Crippen LogP contribution in [-0.4, -0.2) is 63.4 Å². The summed E-state index contributed by atoms with van der Waals surface area (Å²) in [6.07, 6.45) is 9.79. The molecule has 0 atom stereocenters. The van der Waals surface area contributed by atoms with Gasteiger partial charge in [0.1, 0.15) is 5.82 Å².